The van der Waals surface area contributed by atoms with Crippen molar-refractivity contribution in [2.24, 2.45) is 0 Å². The number of anilines is 2. The maximum Gasteiger partial charge on any atom is 0.240 e. The minimum Gasteiger partial charge on any atom is -0.399 e. The summed E-state index contributed by atoms with van der Waals surface area (Å²) >= 11 is 0. The van der Waals surface area contributed by atoms with Gasteiger partial charge in [-0.3, -0.25) is 9.10 Å². The van der Waals surface area contributed by atoms with Gasteiger partial charge in [0.2, 0.25) is 15.9 Å². The molecule has 1 rings (SSSR count). The Morgan fingerprint density at radius 1 is 1.35 bits per heavy atom. The number of carbonyl (C=O) groups is 1. The lowest BCUT2D eigenvalue weighted by molar-refractivity contribution is -0.119. The molecule has 94 valence electrons. The van der Waals surface area contributed by atoms with E-state index in [9.17, 15) is 13.2 Å². The van der Waals surface area contributed by atoms with E-state index in [-0.39, 0.29) is 12.5 Å². The van der Waals surface area contributed by atoms with Crippen LogP contribution in [0.3, 0.4) is 0 Å². The molecule has 17 heavy (non-hydrogen) atoms. The van der Waals surface area contributed by atoms with Crippen LogP contribution in [0.1, 0.15) is 0 Å². The van der Waals surface area contributed by atoms with Gasteiger partial charge in [0.05, 0.1) is 11.9 Å². The molecule has 3 N–H and O–H groups in total. The largest absolute Gasteiger partial charge is 0.399 e. The zero-order valence-electron chi connectivity index (χ0n) is 9.67. The second kappa shape index (κ2) is 5.05. The number of likely N-dealkylation sites (N-methyl/N-ethyl adjacent to an activating group) is 1. The van der Waals surface area contributed by atoms with Crippen molar-refractivity contribution in [3.63, 3.8) is 0 Å². The van der Waals surface area contributed by atoms with Crippen molar-refractivity contribution in [2.75, 3.05) is 29.9 Å². The molecule has 6 nitrogen and oxygen atoms in total. The first-order chi connectivity index (χ1) is 7.84. The van der Waals surface area contributed by atoms with Crippen molar-refractivity contribution < 1.29 is 13.2 Å². The molecule has 0 atom stereocenters. The Kier molecular flexibility index (Phi) is 3.95. The van der Waals surface area contributed by atoms with Crippen LogP contribution < -0.4 is 15.4 Å². The van der Waals surface area contributed by atoms with E-state index in [1.54, 1.807) is 24.3 Å². The molecule has 0 aliphatic heterocycles. The highest BCUT2D eigenvalue weighted by atomic mass is 32.2. The van der Waals surface area contributed by atoms with Gasteiger partial charge in [-0.05, 0) is 24.3 Å². The van der Waals surface area contributed by atoms with Gasteiger partial charge in [-0.15, -0.1) is 0 Å². The van der Waals surface area contributed by atoms with E-state index in [4.69, 9.17) is 5.73 Å². The van der Waals surface area contributed by atoms with Crippen LogP contribution in [0, 0.1) is 0 Å². The number of hydrogen-bond donors (Lipinski definition) is 2. The molecule has 0 aromatic heterocycles. The van der Waals surface area contributed by atoms with E-state index in [1.807, 2.05) is 0 Å². The average molecular weight is 257 g/mol. The van der Waals surface area contributed by atoms with Gasteiger partial charge >= 0.3 is 0 Å². The van der Waals surface area contributed by atoms with Crippen LogP contribution in [0.15, 0.2) is 24.3 Å². The third-order valence-electron chi connectivity index (χ3n) is 2.15. The summed E-state index contributed by atoms with van der Waals surface area (Å²) < 4.78 is 24.2. The third-order valence-corrected chi connectivity index (χ3v) is 3.29. The number of nitrogen functional groups attached to an aromatic ring is 1. The standard InChI is InChI=1S/C10H15N3O3S/c1-12-10(14)7-13(17(2,15)16)9-5-3-8(11)4-6-9/h3-6H,7,11H2,1-2H3,(H,12,14). The Bertz CT molecular complexity index is 496. The quantitative estimate of drug-likeness (QED) is 0.729. The first-order valence-electron chi connectivity index (χ1n) is 4.88. The van der Waals surface area contributed by atoms with Crippen molar-refractivity contribution in [1.82, 2.24) is 5.32 Å². The second-order valence-corrected chi connectivity index (χ2v) is 5.44. The lowest BCUT2D eigenvalue weighted by atomic mass is 10.3. The van der Waals surface area contributed by atoms with Crippen molar-refractivity contribution in [1.29, 1.82) is 0 Å². The van der Waals surface area contributed by atoms with Crippen LogP contribution in [-0.2, 0) is 14.8 Å². The molecule has 0 fully saturated rings. The minimum atomic E-state index is -3.50. The molecule has 7 heteroatoms. The lowest BCUT2D eigenvalue weighted by Crippen LogP contribution is -2.39. The van der Waals surface area contributed by atoms with Gasteiger partial charge in [0, 0.05) is 12.7 Å². The van der Waals surface area contributed by atoms with Crippen LogP contribution in [0.2, 0.25) is 0 Å². The predicted molar refractivity (Wildman–Crippen MR) is 67.1 cm³/mol. The number of nitrogens with zero attached hydrogens (tertiary/aromatic N) is 1. The molecular weight excluding hydrogens is 242 g/mol. The van der Waals surface area contributed by atoms with Gasteiger partial charge in [-0.2, -0.15) is 0 Å². The molecule has 1 amide bonds. The van der Waals surface area contributed by atoms with Crippen LogP contribution in [0.25, 0.3) is 0 Å². The molecular formula is C10H15N3O3S. The highest BCUT2D eigenvalue weighted by molar-refractivity contribution is 7.92. The molecule has 0 aliphatic carbocycles. The summed E-state index contributed by atoms with van der Waals surface area (Å²) in [6.45, 7) is -0.251. The van der Waals surface area contributed by atoms with E-state index in [1.165, 1.54) is 7.05 Å². The Hall–Kier alpha value is -1.76. The molecule has 0 bridgehead atoms. The fourth-order valence-corrected chi connectivity index (χ4v) is 2.11. The van der Waals surface area contributed by atoms with E-state index < -0.39 is 10.0 Å². The van der Waals surface area contributed by atoms with E-state index in [0.717, 1.165) is 10.6 Å². The minimum absolute atomic E-state index is 0.251. The van der Waals surface area contributed by atoms with Crippen molar-refractivity contribution >= 4 is 27.3 Å². The van der Waals surface area contributed by atoms with Crippen molar-refractivity contribution in [3.05, 3.63) is 24.3 Å². The summed E-state index contributed by atoms with van der Waals surface area (Å²) in [6.07, 6.45) is 1.05. The topological polar surface area (TPSA) is 92.5 Å². The van der Waals surface area contributed by atoms with E-state index in [2.05, 4.69) is 5.32 Å². The highest BCUT2D eigenvalue weighted by Crippen LogP contribution is 2.18. The average Bonchev–Trinajstić information content (AvgIpc) is 2.25. The SMILES string of the molecule is CNC(=O)CN(c1ccc(N)cc1)S(C)(=O)=O. The molecule has 0 aliphatic rings. The Morgan fingerprint density at radius 2 is 1.88 bits per heavy atom. The van der Waals surface area contributed by atoms with Crippen LogP contribution in [0.5, 0.6) is 0 Å². The van der Waals surface area contributed by atoms with E-state index in [0.29, 0.717) is 11.4 Å². The number of amides is 1. The third kappa shape index (κ3) is 3.63. The van der Waals surface area contributed by atoms with Gasteiger partial charge in [0.25, 0.3) is 0 Å². The smallest absolute Gasteiger partial charge is 0.240 e. The number of carbonyl (C=O) groups excluding carboxylic acids is 1. The predicted octanol–water partition coefficient (Wildman–Crippen LogP) is -0.219. The van der Waals surface area contributed by atoms with Gasteiger partial charge in [0.15, 0.2) is 0 Å². The number of nitrogens with one attached hydrogen (secondary N) is 1. The van der Waals surface area contributed by atoms with Crippen molar-refractivity contribution in [3.8, 4) is 0 Å². The normalized spacial score (nSPS) is 10.9. The van der Waals surface area contributed by atoms with Crippen molar-refractivity contribution in [2.45, 2.75) is 0 Å². The summed E-state index contributed by atoms with van der Waals surface area (Å²) in [5.74, 6) is -0.382. The Balaban J connectivity index is 3.07. The summed E-state index contributed by atoms with van der Waals surface area (Å²) in [7, 11) is -2.05. The van der Waals surface area contributed by atoms with Crippen LogP contribution in [0.4, 0.5) is 11.4 Å². The van der Waals surface area contributed by atoms with Gasteiger partial charge < -0.3 is 11.1 Å². The summed E-state index contributed by atoms with van der Waals surface area (Å²) in [5.41, 5.74) is 6.45. The first-order valence-corrected chi connectivity index (χ1v) is 6.73. The second-order valence-electron chi connectivity index (χ2n) is 3.53. The maximum absolute atomic E-state index is 11.6. The molecule has 0 saturated carbocycles. The Labute approximate surface area is 100 Å². The molecule has 0 radical (unpaired) electrons. The number of hydrogen-bond acceptors (Lipinski definition) is 4. The van der Waals surface area contributed by atoms with Gasteiger partial charge in [-0.25, -0.2) is 8.42 Å². The zero-order valence-corrected chi connectivity index (χ0v) is 10.5. The molecule has 1 aromatic carbocycles. The number of nitrogens with two attached hydrogens (primary N) is 1. The lowest BCUT2D eigenvalue weighted by Gasteiger charge is -2.21. The van der Waals surface area contributed by atoms with Crippen LogP contribution in [-0.4, -0.2) is 34.2 Å². The van der Waals surface area contributed by atoms with E-state index >= 15 is 0 Å². The molecule has 1 aromatic rings. The highest BCUT2D eigenvalue weighted by Gasteiger charge is 2.19. The summed E-state index contributed by atoms with van der Waals surface area (Å²) in [4.78, 5) is 11.3. The molecule has 0 spiro atoms. The fourth-order valence-electron chi connectivity index (χ4n) is 1.25. The number of rotatable bonds is 4. The number of sulfonamides is 1. The summed E-state index contributed by atoms with van der Waals surface area (Å²) in [6, 6.07) is 6.27. The monoisotopic (exact) mass is 257 g/mol. The van der Waals surface area contributed by atoms with Gasteiger partial charge in [0.1, 0.15) is 6.54 Å². The number of benzene rings is 1. The van der Waals surface area contributed by atoms with Gasteiger partial charge in [-0.1, -0.05) is 0 Å². The van der Waals surface area contributed by atoms with Crippen LogP contribution >= 0.6 is 0 Å². The fraction of sp³-hybridized carbons (Fsp3) is 0.300. The molecule has 0 unspecified atom stereocenters. The first kappa shape index (κ1) is 13.3. The zero-order chi connectivity index (χ0) is 13.1. The maximum atomic E-state index is 11.6. The molecule has 0 heterocycles. The summed E-state index contributed by atoms with van der Waals surface area (Å²) in [5, 5.41) is 2.38. The molecule has 0 saturated heterocycles. The Morgan fingerprint density at radius 3 is 2.29 bits per heavy atom.